The number of aromatic amines is 1. The zero-order valence-electron chi connectivity index (χ0n) is 15.7. The number of nitrogens with zero attached hydrogens (tertiary/aromatic N) is 2. The number of hydrogen-bond donors (Lipinski definition) is 1. The zero-order chi connectivity index (χ0) is 19.1. The third-order valence-electron chi connectivity index (χ3n) is 4.20. The first-order chi connectivity index (χ1) is 12.1. The molecule has 0 bridgehead atoms. The summed E-state index contributed by atoms with van der Waals surface area (Å²) in [4.78, 5) is 21.8. The lowest BCUT2D eigenvalue weighted by molar-refractivity contribution is -0.0626. The Morgan fingerprint density at radius 1 is 1.42 bits per heavy atom. The average Bonchev–Trinajstić information content (AvgIpc) is 3.13. The molecule has 3 rings (SSSR count). The standard InChI is InChI=1S/C19H24ClN3O3/c1-18(2,3)26-17(24)23-15(11-25-19(23,4)5)12-6-7-14(20)13(10-12)16-21-8-9-22-16/h6-10,15H,11H2,1-5H3,(H,21,22). The van der Waals surface area contributed by atoms with E-state index in [1.807, 2.05) is 52.8 Å². The summed E-state index contributed by atoms with van der Waals surface area (Å²) >= 11 is 6.34. The van der Waals surface area contributed by atoms with E-state index in [9.17, 15) is 4.79 Å². The smallest absolute Gasteiger partial charge is 0.413 e. The van der Waals surface area contributed by atoms with Crippen molar-refractivity contribution in [2.24, 2.45) is 0 Å². The van der Waals surface area contributed by atoms with Gasteiger partial charge in [0.1, 0.15) is 17.2 Å². The lowest BCUT2D eigenvalue weighted by atomic mass is 10.0. The number of amides is 1. The van der Waals surface area contributed by atoms with Crippen molar-refractivity contribution >= 4 is 17.7 Å². The molecule has 1 aromatic heterocycles. The molecule has 0 saturated carbocycles. The Morgan fingerprint density at radius 2 is 2.15 bits per heavy atom. The normalized spacial score (nSPS) is 19.6. The Morgan fingerprint density at radius 3 is 2.77 bits per heavy atom. The molecule has 0 radical (unpaired) electrons. The van der Waals surface area contributed by atoms with Crippen LogP contribution >= 0.6 is 11.6 Å². The van der Waals surface area contributed by atoms with Gasteiger partial charge in [0.15, 0.2) is 0 Å². The number of nitrogens with one attached hydrogen (secondary N) is 1. The monoisotopic (exact) mass is 377 g/mol. The number of carbonyl (C=O) groups is 1. The molecule has 26 heavy (non-hydrogen) atoms. The summed E-state index contributed by atoms with van der Waals surface area (Å²) in [5.74, 6) is 0.679. The second-order valence-electron chi connectivity index (χ2n) is 7.80. The molecule has 6 nitrogen and oxygen atoms in total. The van der Waals surface area contributed by atoms with Crippen molar-refractivity contribution in [3.63, 3.8) is 0 Å². The molecule has 0 aliphatic carbocycles. The van der Waals surface area contributed by atoms with Crippen molar-refractivity contribution in [3.8, 4) is 11.4 Å². The van der Waals surface area contributed by atoms with Crippen LogP contribution in [0.2, 0.25) is 5.02 Å². The fourth-order valence-electron chi connectivity index (χ4n) is 3.05. The fourth-order valence-corrected chi connectivity index (χ4v) is 3.26. The number of halogens is 1. The Balaban J connectivity index is 1.97. The van der Waals surface area contributed by atoms with Crippen molar-refractivity contribution in [3.05, 3.63) is 41.2 Å². The van der Waals surface area contributed by atoms with Gasteiger partial charge in [0.05, 0.1) is 17.7 Å². The first kappa shape index (κ1) is 18.7. The number of H-pyrrole nitrogens is 1. The van der Waals surface area contributed by atoms with Crippen molar-refractivity contribution in [2.75, 3.05) is 6.61 Å². The maximum absolute atomic E-state index is 12.8. The predicted molar refractivity (Wildman–Crippen MR) is 99.9 cm³/mol. The Labute approximate surface area is 158 Å². The van der Waals surface area contributed by atoms with E-state index < -0.39 is 17.4 Å². The van der Waals surface area contributed by atoms with Crippen LogP contribution in [0.25, 0.3) is 11.4 Å². The first-order valence-electron chi connectivity index (χ1n) is 8.54. The highest BCUT2D eigenvalue weighted by Gasteiger charge is 2.46. The van der Waals surface area contributed by atoms with Gasteiger partial charge >= 0.3 is 6.09 Å². The Bertz CT molecular complexity index is 797. The van der Waals surface area contributed by atoms with Crippen LogP contribution in [0, 0.1) is 0 Å². The minimum absolute atomic E-state index is 0.272. The summed E-state index contributed by atoms with van der Waals surface area (Å²) in [5.41, 5.74) is 0.345. The maximum atomic E-state index is 12.8. The van der Waals surface area contributed by atoms with Crippen molar-refractivity contribution in [1.82, 2.24) is 14.9 Å². The van der Waals surface area contributed by atoms with Crippen LogP contribution in [0.3, 0.4) is 0 Å². The summed E-state index contributed by atoms with van der Waals surface area (Å²) in [6.45, 7) is 9.65. The summed E-state index contributed by atoms with van der Waals surface area (Å²) in [5, 5.41) is 0.589. The van der Waals surface area contributed by atoms with Crippen LogP contribution in [0.4, 0.5) is 4.79 Å². The largest absolute Gasteiger partial charge is 0.444 e. The summed E-state index contributed by atoms with van der Waals surface area (Å²) in [6.07, 6.45) is 3.01. The lowest BCUT2D eigenvalue weighted by Crippen LogP contribution is -2.47. The Kier molecular flexibility index (Phi) is 4.75. The van der Waals surface area contributed by atoms with Crippen molar-refractivity contribution < 1.29 is 14.3 Å². The molecule has 1 fully saturated rings. The number of carbonyl (C=O) groups excluding carboxylic acids is 1. The molecule has 1 amide bonds. The van der Waals surface area contributed by atoms with E-state index in [1.54, 1.807) is 17.3 Å². The third-order valence-corrected chi connectivity index (χ3v) is 4.53. The average molecular weight is 378 g/mol. The number of aromatic nitrogens is 2. The van der Waals surface area contributed by atoms with Gasteiger partial charge < -0.3 is 14.5 Å². The van der Waals surface area contributed by atoms with E-state index in [-0.39, 0.29) is 6.04 Å². The highest BCUT2D eigenvalue weighted by atomic mass is 35.5. The molecule has 140 valence electrons. The van der Waals surface area contributed by atoms with Crippen molar-refractivity contribution in [2.45, 2.75) is 52.0 Å². The number of benzene rings is 1. The van der Waals surface area contributed by atoms with Crippen LogP contribution in [0.1, 0.15) is 46.2 Å². The molecular weight excluding hydrogens is 354 g/mol. The van der Waals surface area contributed by atoms with Crippen LogP contribution in [0.5, 0.6) is 0 Å². The van der Waals surface area contributed by atoms with E-state index in [4.69, 9.17) is 21.1 Å². The molecule has 1 unspecified atom stereocenters. The summed E-state index contributed by atoms with van der Waals surface area (Å²) < 4.78 is 11.5. The van der Waals surface area contributed by atoms with Gasteiger partial charge in [0.25, 0.3) is 0 Å². The van der Waals surface area contributed by atoms with E-state index >= 15 is 0 Å². The summed E-state index contributed by atoms with van der Waals surface area (Å²) in [7, 11) is 0. The highest BCUT2D eigenvalue weighted by Crippen LogP contribution is 2.39. The van der Waals surface area contributed by atoms with Gasteiger partial charge in [-0.05, 0) is 52.3 Å². The van der Waals surface area contributed by atoms with Crippen LogP contribution in [-0.4, -0.2) is 38.9 Å². The lowest BCUT2D eigenvalue weighted by Gasteiger charge is -2.35. The zero-order valence-corrected chi connectivity index (χ0v) is 16.4. The number of imidazole rings is 1. The molecule has 1 aliphatic rings. The van der Waals surface area contributed by atoms with Gasteiger partial charge in [-0.2, -0.15) is 0 Å². The van der Waals surface area contributed by atoms with E-state index in [2.05, 4.69) is 9.97 Å². The maximum Gasteiger partial charge on any atom is 0.413 e. The van der Waals surface area contributed by atoms with Gasteiger partial charge in [-0.1, -0.05) is 17.7 Å². The van der Waals surface area contributed by atoms with Gasteiger partial charge in [-0.3, -0.25) is 4.90 Å². The third kappa shape index (κ3) is 3.71. The Hall–Kier alpha value is -2.05. The minimum atomic E-state index is -0.766. The molecule has 1 saturated heterocycles. The second kappa shape index (κ2) is 6.59. The first-order valence-corrected chi connectivity index (χ1v) is 8.92. The topological polar surface area (TPSA) is 67.5 Å². The van der Waals surface area contributed by atoms with Crippen molar-refractivity contribution in [1.29, 1.82) is 0 Å². The molecule has 2 heterocycles. The molecule has 1 aliphatic heterocycles. The van der Waals surface area contributed by atoms with Gasteiger partial charge in [0, 0.05) is 18.0 Å². The number of hydrogen-bond acceptors (Lipinski definition) is 4. The molecule has 1 atom stereocenters. The number of rotatable bonds is 2. The SMILES string of the molecule is CC(C)(C)OC(=O)N1C(c2ccc(Cl)c(-c3ncc[nH]3)c2)COC1(C)C. The second-order valence-corrected chi connectivity index (χ2v) is 8.21. The van der Waals surface area contributed by atoms with Crippen LogP contribution in [0.15, 0.2) is 30.6 Å². The van der Waals surface area contributed by atoms with Gasteiger partial charge in [-0.15, -0.1) is 0 Å². The predicted octanol–water partition coefficient (Wildman–Crippen LogP) is 4.77. The minimum Gasteiger partial charge on any atom is -0.444 e. The van der Waals surface area contributed by atoms with Crippen LogP contribution in [-0.2, 0) is 9.47 Å². The fraction of sp³-hybridized carbons (Fsp3) is 0.474. The summed E-state index contributed by atoms with van der Waals surface area (Å²) in [6, 6.07) is 5.38. The molecule has 1 aromatic carbocycles. The van der Waals surface area contributed by atoms with E-state index in [0.717, 1.165) is 11.1 Å². The van der Waals surface area contributed by atoms with E-state index in [0.29, 0.717) is 17.5 Å². The number of ether oxygens (including phenoxy) is 2. The van der Waals surface area contributed by atoms with Gasteiger partial charge in [0.2, 0.25) is 0 Å². The van der Waals surface area contributed by atoms with Gasteiger partial charge in [-0.25, -0.2) is 9.78 Å². The molecule has 1 N–H and O–H groups in total. The quantitative estimate of drug-likeness (QED) is 0.818. The molecule has 2 aromatic rings. The molecule has 0 spiro atoms. The molecule has 7 heteroatoms. The van der Waals surface area contributed by atoms with E-state index in [1.165, 1.54) is 0 Å². The van der Waals surface area contributed by atoms with Crippen LogP contribution < -0.4 is 0 Å². The molecular formula is C19H24ClN3O3. The highest BCUT2D eigenvalue weighted by molar-refractivity contribution is 6.33.